The van der Waals surface area contributed by atoms with Crippen LogP contribution >= 0.6 is 46.3 Å². The highest BCUT2D eigenvalue weighted by atomic mass is 35.5. The highest BCUT2D eigenvalue weighted by Gasteiger charge is 2.16. The molecule has 0 atom stereocenters. The van der Waals surface area contributed by atoms with Gasteiger partial charge in [-0.2, -0.15) is 0 Å². The second kappa shape index (κ2) is 9.78. The summed E-state index contributed by atoms with van der Waals surface area (Å²) in [5.41, 5.74) is 1.57. The number of hydrogen-bond acceptors (Lipinski definition) is 5. The number of benzene rings is 1. The number of amides is 1. The number of rotatable bonds is 8. The van der Waals surface area contributed by atoms with E-state index in [1.54, 1.807) is 29.5 Å². The Morgan fingerprint density at radius 3 is 2.86 bits per heavy atom. The molecule has 0 aliphatic carbocycles. The van der Waals surface area contributed by atoms with Crippen molar-refractivity contribution in [1.82, 2.24) is 14.8 Å². The van der Waals surface area contributed by atoms with Crippen molar-refractivity contribution < 1.29 is 4.79 Å². The van der Waals surface area contributed by atoms with Gasteiger partial charge in [-0.1, -0.05) is 54.4 Å². The van der Waals surface area contributed by atoms with Crippen LogP contribution in [0.25, 0.3) is 11.4 Å². The van der Waals surface area contributed by atoms with Gasteiger partial charge in [0.05, 0.1) is 21.5 Å². The van der Waals surface area contributed by atoms with Gasteiger partial charge < -0.3 is 9.88 Å². The highest BCUT2D eigenvalue weighted by molar-refractivity contribution is 7.99. The third kappa shape index (κ3) is 4.89. The summed E-state index contributed by atoms with van der Waals surface area (Å²) in [5.74, 6) is 0.857. The van der Waals surface area contributed by atoms with E-state index in [2.05, 4.69) is 33.9 Å². The molecule has 5 nitrogen and oxygen atoms in total. The van der Waals surface area contributed by atoms with E-state index >= 15 is 0 Å². The topological polar surface area (TPSA) is 59.8 Å². The molecule has 9 heteroatoms. The largest absolute Gasteiger partial charge is 0.324 e. The third-order valence-electron chi connectivity index (χ3n) is 4.00. The van der Waals surface area contributed by atoms with Gasteiger partial charge in [0.25, 0.3) is 0 Å². The summed E-state index contributed by atoms with van der Waals surface area (Å²) in [5, 5.41) is 15.0. The number of aryl methyl sites for hydroxylation is 1. The molecule has 0 bridgehead atoms. The summed E-state index contributed by atoms with van der Waals surface area (Å²) < 4.78 is 2.03. The molecule has 1 N–H and O–H groups in total. The van der Waals surface area contributed by atoms with Gasteiger partial charge in [0.2, 0.25) is 5.91 Å². The van der Waals surface area contributed by atoms with Gasteiger partial charge in [0.15, 0.2) is 11.0 Å². The Morgan fingerprint density at radius 1 is 1.29 bits per heavy atom. The number of aromatic nitrogens is 3. The van der Waals surface area contributed by atoms with Crippen LogP contribution in [0.5, 0.6) is 0 Å². The number of thiophene rings is 1. The van der Waals surface area contributed by atoms with Crippen LogP contribution in [0, 0.1) is 0 Å². The zero-order chi connectivity index (χ0) is 20.1. The molecule has 28 heavy (non-hydrogen) atoms. The molecule has 0 fully saturated rings. The van der Waals surface area contributed by atoms with E-state index in [9.17, 15) is 4.79 Å². The molecule has 2 aromatic heterocycles. The Kier molecular flexibility index (Phi) is 7.40. The number of nitrogens with one attached hydrogen (secondary N) is 1. The van der Waals surface area contributed by atoms with E-state index in [1.165, 1.54) is 16.6 Å². The number of thioether (sulfide) groups is 1. The van der Waals surface area contributed by atoms with Crippen molar-refractivity contribution in [3.05, 3.63) is 44.6 Å². The number of carbonyl (C=O) groups is 1. The van der Waals surface area contributed by atoms with Crippen LogP contribution in [-0.4, -0.2) is 26.4 Å². The number of hydrogen-bond donors (Lipinski definition) is 1. The normalized spacial score (nSPS) is 11.0. The molecule has 3 aromatic rings. The van der Waals surface area contributed by atoms with Crippen molar-refractivity contribution >= 4 is 57.9 Å². The first-order valence-electron chi connectivity index (χ1n) is 8.91. The van der Waals surface area contributed by atoms with Gasteiger partial charge in [0.1, 0.15) is 0 Å². The van der Waals surface area contributed by atoms with E-state index < -0.39 is 0 Å². The molecule has 0 spiro atoms. The van der Waals surface area contributed by atoms with Gasteiger partial charge >= 0.3 is 0 Å². The fraction of sp³-hybridized carbons (Fsp3) is 0.316. The van der Waals surface area contributed by atoms with Gasteiger partial charge in [-0.15, -0.1) is 21.5 Å². The van der Waals surface area contributed by atoms with Crippen molar-refractivity contribution in [3.63, 3.8) is 0 Å². The second-order valence-electron chi connectivity index (χ2n) is 6.04. The minimum atomic E-state index is -0.179. The van der Waals surface area contributed by atoms with Crippen molar-refractivity contribution in [2.24, 2.45) is 0 Å². The molecule has 0 saturated carbocycles. The molecule has 0 saturated heterocycles. The second-order valence-corrected chi connectivity index (χ2v) is 8.76. The molecular formula is C19H20Cl2N4OS2. The number of nitrogens with zero attached hydrogens (tertiary/aromatic N) is 3. The molecule has 0 aliphatic heterocycles. The van der Waals surface area contributed by atoms with Crippen LogP contribution in [0.3, 0.4) is 0 Å². The third-order valence-corrected chi connectivity index (χ3v) is 6.78. The average molecular weight is 455 g/mol. The molecule has 1 aromatic carbocycles. The van der Waals surface area contributed by atoms with Crippen LogP contribution in [0.15, 0.2) is 34.8 Å². The summed E-state index contributed by atoms with van der Waals surface area (Å²) in [7, 11) is 0. The zero-order valence-electron chi connectivity index (χ0n) is 15.5. The van der Waals surface area contributed by atoms with Crippen LogP contribution in [0.4, 0.5) is 5.69 Å². The van der Waals surface area contributed by atoms with Crippen molar-refractivity contribution in [2.75, 3.05) is 11.1 Å². The predicted molar refractivity (Wildman–Crippen MR) is 119 cm³/mol. The van der Waals surface area contributed by atoms with E-state index in [0.717, 1.165) is 30.8 Å². The quantitative estimate of drug-likeness (QED) is 0.422. The maximum atomic E-state index is 12.3. The Bertz CT molecular complexity index is 971. The van der Waals surface area contributed by atoms with E-state index in [-0.39, 0.29) is 11.7 Å². The zero-order valence-corrected chi connectivity index (χ0v) is 18.7. The molecular weight excluding hydrogens is 435 g/mol. The lowest BCUT2D eigenvalue weighted by Crippen LogP contribution is -2.15. The van der Waals surface area contributed by atoms with Crippen LogP contribution in [-0.2, 0) is 17.8 Å². The number of halogens is 2. The van der Waals surface area contributed by atoms with Crippen molar-refractivity contribution in [3.8, 4) is 11.4 Å². The van der Waals surface area contributed by atoms with E-state index in [0.29, 0.717) is 20.9 Å². The monoisotopic (exact) mass is 454 g/mol. The summed E-state index contributed by atoms with van der Waals surface area (Å²) in [6, 6.07) is 7.31. The Morgan fingerprint density at radius 2 is 2.11 bits per heavy atom. The lowest BCUT2D eigenvalue weighted by atomic mass is 10.2. The number of carbonyl (C=O) groups excluding carboxylic acids is 1. The molecule has 1 amide bonds. The summed E-state index contributed by atoms with van der Waals surface area (Å²) in [6.45, 7) is 4.94. The molecule has 148 valence electrons. The standard InChI is InChI=1S/C19H20Cl2N4OS2/c1-3-6-13-9-12(10-27-13)18-23-24-19(25(18)4-2)28-11-16(26)22-15-8-5-7-14(20)17(15)21/h5,7-10H,3-4,6,11H2,1-2H3,(H,22,26). The predicted octanol–water partition coefficient (Wildman–Crippen LogP) is 6.02. The number of anilines is 1. The molecule has 3 rings (SSSR count). The maximum Gasteiger partial charge on any atom is 0.234 e. The average Bonchev–Trinajstić information content (AvgIpc) is 3.30. The van der Waals surface area contributed by atoms with Crippen LogP contribution in [0.2, 0.25) is 10.0 Å². The summed E-state index contributed by atoms with van der Waals surface area (Å²) in [6.07, 6.45) is 2.19. The maximum absolute atomic E-state index is 12.3. The van der Waals surface area contributed by atoms with Crippen molar-refractivity contribution in [2.45, 2.75) is 38.4 Å². The first-order valence-corrected chi connectivity index (χ1v) is 11.5. The van der Waals surface area contributed by atoms with Gasteiger partial charge in [0, 0.05) is 22.4 Å². The smallest absolute Gasteiger partial charge is 0.234 e. The fourth-order valence-corrected chi connectivity index (χ4v) is 4.81. The van der Waals surface area contributed by atoms with E-state index in [1.807, 2.05) is 11.5 Å². The van der Waals surface area contributed by atoms with Gasteiger partial charge in [-0.05, 0) is 31.5 Å². The fourth-order valence-electron chi connectivity index (χ4n) is 2.69. The van der Waals surface area contributed by atoms with Gasteiger partial charge in [-0.25, -0.2) is 0 Å². The lowest BCUT2D eigenvalue weighted by molar-refractivity contribution is -0.113. The van der Waals surface area contributed by atoms with Gasteiger partial charge in [-0.3, -0.25) is 4.79 Å². The summed E-state index contributed by atoms with van der Waals surface area (Å²) >= 11 is 15.2. The Labute approximate surface area is 182 Å². The molecule has 2 heterocycles. The molecule has 0 unspecified atom stereocenters. The minimum absolute atomic E-state index is 0.179. The molecule has 0 aliphatic rings. The Hall–Kier alpha value is -1.54. The molecule has 0 radical (unpaired) electrons. The van der Waals surface area contributed by atoms with E-state index in [4.69, 9.17) is 23.2 Å². The van der Waals surface area contributed by atoms with Crippen LogP contribution in [0.1, 0.15) is 25.1 Å². The lowest BCUT2D eigenvalue weighted by Gasteiger charge is -2.09. The minimum Gasteiger partial charge on any atom is -0.324 e. The highest BCUT2D eigenvalue weighted by Crippen LogP contribution is 2.31. The first kappa shape index (κ1) is 21.2. The van der Waals surface area contributed by atoms with Crippen molar-refractivity contribution in [1.29, 1.82) is 0 Å². The SMILES string of the molecule is CCCc1cc(-c2nnc(SCC(=O)Nc3cccc(Cl)c3Cl)n2CC)cs1. The Balaban J connectivity index is 1.68. The summed E-state index contributed by atoms with van der Waals surface area (Å²) in [4.78, 5) is 13.7. The first-order chi connectivity index (χ1) is 13.5. The van der Waals surface area contributed by atoms with Crippen LogP contribution < -0.4 is 5.32 Å².